The smallest absolute Gasteiger partial charge is 0.296 e. The first-order chi connectivity index (χ1) is 8.13. The summed E-state index contributed by atoms with van der Waals surface area (Å²) >= 11 is 0. The van der Waals surface area contributed by atoms with E-state index in [1.807, 2.05) is 19.9 Å². The van der Waals surface area contributed by atoms with Gasteiger partial charge in [0, 0.05) is 11.8 Å². The van der Waals surface area contributed by atoms with E-state index in [1.165, 1.54) is 0 Å². The molecule has 1 aromatic carbocycles. The highest BCUT2D eigenvalue weighted by molar-refractivity contribution is 5.57. The number of aromatic nitrogens is 2. The molecule has 0 aliphatic carbocycles. The van der Waals surface area contributed by atoms with E-state index in [9.17, 15) is 10.1 Å². The summed E-state index contributed by atoms with van der Waals surface area (Å²) < 4.78 is 1.69. The van der Waals surface area contributed by atoms with Crippen LogP contribution < -0.4 is 0 Å². The minimum Gasteiger partial charge on any atom is -0.300 e. The van der Waals surface area contributed by atoms with Crippen LogP contribution in [0.4, 0.5) is 5.69 Å². The molecule has 0 amide bonds. The van der Waals surface area contributed by atoms with Crippen LogP contribution in [0.5, 0.6) is 0 Å². The van der Waals surface area contributed by atoms with Gasteiger partial charge in [-0.05, 0) is 19.4 Å². The maximum atomic E-state index is 11.2. The molecule has 0 aliphatic rings. The highest BCUT2D eigenvalue weighted by atomic mass is 16.6. The summed E-state index contributed by atoms with van der Waals surface area (Å²) in [5, 5.41) is 11.2. The molecule has 0 bridgehead atoms. The van der Waals surface area contributed by atoms with E-state index < -0.39 is 0 Å². The molecule has 88 valence electrons. The van der Waals surface area contributed by atoms with Gasteiger partial charge in [0.15, 0.2) is 0 Å². The third kappa shape index (κ3) is 2.04. The van der Waals surface area contributed by atoms with Crippen molar-refractivity contribution in [2.24, 2.45) is 0 Å². The molecule has 0 spiro atoms. The first-order valence-electron chi connectivity index (χ1n) is 5.40. The molecule has 0 aliphatic heterocycles. The Morgan fingerprint density at radius 3 is 2.76 bits per heavy atom. The normalized spacial score (nSPS) is 10.5. The Balaban J connectivity index is 2.65. The molecular formula is C12H13N3O2. The van der Waals surface area contributed by atoms with E-state index >= 15 is 0 Å². The molecule has 1 aromatic heterocycles. The first-order valence-corrected chi connectivity index (χ1v) is 5.40. The van der Waals surface area contributed by atoms with Crippen molar-refractivity contribution in [1.29, 1.82) is 0 Å². The van der Waals surface area contributed by atoms with Gasteiger partial charge in [0.2, 0.25) is 0 Å². The van der Waals surface area contributed by atoms with E-state index in [2.05, 4.69) is 4.98 Å². The van der Waals surface area contributed by atoms with Crippen LogP contribution >= 0.6 is 0 Å². The quantitative estimate of drug-likeness (QED) is 0.602. The molecule has 2 rings (SSSR count). The van der Waals surface area contributed by atoms with Crippen LogP contribution in [0.2, 0.25) is 0 Å². The lowest BCUT2D eigenvalue weighted by Crippen LogP contribution is -2.01. The van der Waals surface area contributed by atoms with Crippen molar-refractivity contribution in [2.75, 3.05) is 0 Å². The summed E-state index contributed by atoms with van der Waals surface area (Å²) in [6.07, 6.45) is 4.01. The molecule has 1 heterocycles. The van der Waals surface area contributed by atoms with Crippen molar-refractivity contribution in [3.05, 3.63) is 52.1 Å². The van der Waals surface area contributed by atoms with E-state index in [-0.39, 0.29) is 10.6 Å². The molecule has 0 N–H and O–H groups in total. The van der Waals surface area contributed by atoms with Crippen LogP contribution in [-0.2, 0) is 6.42 Å². The van der Waals surface area contributed by atoms with Gasteiger partial charge in [0.25, 0.3) is 5.69 Å². The highest BCUT2D eigenvalue weighted by Crippen LogP contribution is 2.27. The van der Waals surface area contributed by atoms with E-state index in [0.29, 0.717) is 12.1 Å². The predicted octanol–water partition coefficient (Wildman–Crippen LogP) is 2.65. The summed E-state index contributed by atoms with van der Waals surface area (Å²) in [5.74, 6) is 0. The lowest BCUT2D eigenvalue weighted by molar-refractivity contribution is -0.385. The van der Waals surface area contributed by atoms with Gasteiger partial charge in [-0.15, -0.1) is 0 Å². The van der Waals surface area contributed by atoms with Crippen molar-refractivity contribution in [3.63, 3.8) is 0 Å². The summed E-state index contributed by atoms with van der Waals surface area (Å²) in [4.78, 5) is 14.9. The fourth-order valence-electron chi connectivity index (χ4n) is 1.84. The Kier molecular flexibility index (Phi) is 2.91. The van der Waals surface area contributed by atoms with Crippen LogP contribution in [0.25, 0.3) is 5.69 Å². The number of aryl methyl sites for hydroxylation is 2. The van der Waals surface area contributed by atoms with Gasteiger partial charge in [-0.3, -0.25) is 14.7 Å². The van der Waals surface area contributed by atoms with Gasteiger partial charge in [0.05, 0.1) is 16.9 Å². The fourth-order valence-corrected chi connectivity index (χ4v) is 1.84. The van der Waals surface area contributed by atoms with Crippen LogP contribution in [0.15, 0.2) is 30.7 Å². The fraction of sp³-hybridized carbons (Fsp3) is 0.250. The van der Waals surface area contributed by atoms with Crippen LogP contribution in [0.3, 0.4) is 0 Å². The zero-order chi connectivity index (χ0) is 12.4. The molecule has 0 saturated carbocycles. The molecule has 0 fully saturated rings. The van der Waals surface area contributed by atoms with E-state index in [0.717, 1.165) is 11.3 Å². The Bertz CT molecular complexity index is 561. The number of benzene rings is 1. The van der Waals surface area contributed by atoms with Gasteiger partial charge in [-0.2, -0.15) is 0 Å². The molecule has 5 nitrogen and oxygen atoms in total. The maximum Gasteiger partial charge on any atom is 0.296 e. The van der Waals surface area contributed by atoms with Crippen LogP contribution in [0.1, 0.15) is 18.2 Å². The Hall–Kier alpha value is -2.17. The van der Waals surface area contributed by atoms with Crippen molar-refractivity contribution in [1.82, 2.24) is 9.55 Å². The number of hydrogen-bond acceptors (Lipinski definition) is 3. The van der Waals surface area contributed by atoms with Crippen LogP contribution in [0, 0.1) is 17.0 Å². The molecular weight excluding hydrogens is 218 g/mol. The van der Waals surface area contributed by atoms with E-state index in [4.69, 9.17) is 0 Å². The van der Waals surface area contributed by atoms with Gasteiger partial charge >= 0.3 is 0 Å². The van der Waals surface area contributed by atoms with Crippen molar-refractivity contribution in [2.45, 2.75) is 20.3 Å². The van der Waals surface area contributed by atoms with E-state index in [1.54, 1.807) is 29.2 Å². The van der Waals surface area contributed by atoms with Gasteiger partial charge in [-0.25, -0.2) is 4.98 Å². The molecule has 0 radical (unpaired) electrons. The average molecular weight is 231 g/mol. The lowest BCUT2D eigenvalue weighted by atomic mass is 10.1. The number of imidazole rings is 1. The number of nitro groups is 1. The SMILES string of the molecule is CCc1cccc(-n2cnc(C)c2)c1[N+](=O)[O-]. The summed E-state index contributed by atoms with van der Waals surface area (Å²) in [5.41, 5.74) is 2.29. The van der Waals surface area contributed by atoms with Crippen LogP contribution in [-0.4, -0.2) is 14.5 Å². The zero-order valence-electron chi connectivity index (χ0n) is 9.75. The van der Waals surface area contributed by atoms with Gasteiger partial charge < -0.3 is 0 Å². The largest absolute Gasteiger partial charge is 0.300 e. The lowest BCUT2D eigenvalue weighted by Gasteiger charge is -2.06. The second-order valence-corrected chi connectivity index (χ2v) is 3.82. The first kappa shape index (κ1) is 11.3. The number of nitrogens with zero attached hydrogens (tertiary/aromatic N) is 3. The number of para-hydroxylation sites is 1. The molecule has 17 heavy (non-hydrogen) atoms. The molecule has 0 unspecified atom stereocenters. The van der Waals surface area contributed by atoms with Crippen molar-refractivity contribution >= 4 is 5.69 Å². The number of hydrogen-bond donors (Lipinski definition) is 0. The average Bonchev–Trinajstić information content (AvgIpc) is 2.74. The third-order valence-corrected chi connectivity index (χ3v) is 2.65. The van der Waals surface area contributed by atoms with Crippen molar-refractivity contribution < 1.29 is 4.92 Å². The third-order valence-electron chi connectivity index (χ3n) is 2.65. The molecule has 5 heteroatoms. The van der Waals surface area contributed by atoms with Crippen molar-refractivity contribution in [3.8, 4) is 5.69 Å². The number of rotatable bonds is 3. The molecule has 2 aromatic rings. The highest BCUT2D eigenvalue weighted by Gasteiger charge is 2.19. The molecule has 0 atom stereocenters. The van der Waals surface area contributed by atoms with Gasteiger partial charge in [-0.1, -0.05) is 19.1 Å². The second-order valence-electron chi connectivity index (χ2n) is 3.82. The maximum absolute atomic E-state index is 11.2. The topological polar surface area (TPSA) is 61.0 Å². The summed E-state index contributed by atoms with van der Waals surface area (Å²) in [6, 6.07) is 5.35. The Labute approximate surface area is 98.9 Å². The Morgan fingerprint density at radius 2 is 2.24 bits per heavy atom. The summed E-state index contributed by atoms with van der Waals surface area (Å²) in [6.45, 7) is 3.76. The summed E-state index contributed by atoms with van der Waals surface area (Å²) in [7, 11) is 0. The Morgan fingerprint density at radius 1 is 1.47 bits per heavy atom. The standard InChI is InChI=1S/C12H13N3O2/c1-3-10-5-4-6-11(12(10)15(16)17)14-7-9(2)13-8-14/h4-8H,3H2,1-2H3. The minimum atomic E-state index is -0.330. The second kappa shape index (κ2) is 4.37. The predicted molar refractivity (Wildman–Crippen MR) is 64.3 cm³/mol. The minimum absolute atomic E-state index is 0.160. The molecule has 0 saturated heterocycles. The monoisotopic (exact) mass is 231 g/mol. The zero-order valence-corrected chi connectivity index (χ0v) is 9.75. The van der Waals surface area contributed by atoms with Gasteiger partial charge in [0.1, 0.15) is 5.69 Å². The number of nitro benzene ring substituents is 1.